The van der Waals surface area contributed by atoms with E-state index in [1.165, 1.54) is 0 Å². The number of hydrogen-bond acceptors (Lipinski definition) is 2. The second-order valence-corrected chi connectivity index (χ2v) is 4.80. The van der Waals surface area contributed by atoms with Gasteiger partial charge in [0.05, 0.1) is 11.1 Å². The normalized spacial score (nSPS) is 20.3. The van der Waals surface area contributed by atoms with Crippen LogP contribution in [0.4, 0.5) is 0 Å². The van der Waals surface area contributed by atoms with Crippen molar-refractivity contribution in [3.63, 3.8) is 0 Å². The number of benzene rings is 1. The molecule has 0 spiro atoms. The van der Waals surface area contributed by atoms with Crippen molar-refractivity contribution in [3.05, 3.63) is 36.0 Å². The van der Waals surface area contributed by atoms with E-state index in [1.54, 1.807) is 0 Å². The first kappa shape index (κ1) is 11.3. The van der Waals surface area contributed by atoms with Gasteiger partial charge in [0.2, 0.25) is 0 Å². The summed E-state index contributed by atoms with van der Waals surface area (Å²) in [6, 6.07) is 8.10. The molecule has 1 aromatic heterocycles. The van der Waals surface area contributed by atoms with E-state index < -0.39 is 0 Å². The van der Waals surface area contributed by atoms with Crippen molar-refractivity contribution in [1.29, 1.82) is 0 Å². The average molecular weight is 243 g/mol. The van der Waals surface area contributed by atoms with Crippen LogP contribution in [0.2, 0.25) is 0 Å². The van der Waals surface area contributed by atoms with Gasteiger partial charge in [0.15, 0.2) is 0 Å². The van der Waals surface area contributed by atoms with Crippen LogP contribution in [0.5, 0.6) is 0 Å². The van der Waals surface area contributed by atoms with Gasteiger partial charge in [-0.3, -0.25) is 4.79 Å². The Balaban J connectivity index is 1.98. The monoisotopic (exact) mass is 243 g/mol. The van der Waals surface area contributed by atoms with Gasteiger partial charge in [-0.15, -0.1) is 0 Å². The number of amides is 1. The summed E-state index contributed by atoms with van der Waals surface area (Å²) in [6.07, 6.45) is 1.88. The number of aromatic amines is 1. The summed E-state index contributed by atoms with van der Waals surface area (Å²) in [5, 5.41) is 4.39. The third-order valence-corrected chi connectivity index (χ3v) is 3.58. The number of nitrogens with one attached hydrogen (secondary N) is 2. The maximum atomic E-state index is 12.6. The zero-order valence-corrected chi connectivity index (χ0v) is 10.4. The van der Waals surface area contributed by atoms with Crippen molar-refractivity contribution in [2.45, 2.75) is 13.0 Å². The van der Waals surface area contributed by atoms with Crippen molar-refractivity contribution >= 4 is 16.8 Å². The van der Waals surface area contributed by atoms with Crippen molar-refractivity contribution < 1.29 is 4.79 Å². The second kappa shape index (κ2) is 4.46. The number of carbonyl (C=O) groups excluding carboxylic acids is 1. The van der Waals surface area contributed by atoms with Gasteiger partial charge in [0, 0.05) is 37.3 Å². The summed E-state index contributed by atoms with van der Waals surface area (Å²) in [4.78, 5) is 17.7. The fourth-order valence-electron chi connectivity index (χ4n) is 2.56. The Bertz CT molecular complexity index is 575. The zero-order valence-electron chi connectivity index (χ0n) is 10.4. The molecule has 1 atom stereocenters. The minimum absolute atomic E-state index is 0.122. The Morgan fingerprint density at radius 3 is 3.11 bits per heavy atom. The molecular formula is C14H17N3O. The third-order valence-electron chi connectivity index (χ3n) is 3.58. The van der Waals surface area contributed by atoms with E-state index in [0.717, 1.165) is 36.1 Å². The van der Waals surface area contributed by atoms with Crippen LogP contribution < -0.4 is 5.32 Å². The molecule has 1 aliphatic rings. The van der Waals surface area contributed by atoms with Gasteiger partial charge in [0.25, 0.3) is 5.91 Å². The first-order chi connectivity index (χ1) is 8.77. The highest BCUT2D eigenvalue weighted by Crippen LogP contribution is 2.19. The van der Waals surface area contributed by atoms with E-state index in [4.69, 9.17) is 0 Å². The molecule has 0 unspecified atom stereocenters. The lowest BCUT2D eigenvalue weighted by molar-refractivity contribution is 0.0657. The van der Waals surface area contributed by atoms with Crippen molar-refractivity contribution in [3.8, 4) is 0 Å². The van der Waals surface area contributed by atoms with E-state index >= 15 is 0 Å². The minimum Gasteiger partial charge on any atom is -0.361 e. The molecular weight excluding hydrogens is 226 g/mol. The van der Waals surface area contributed by atoms with Crippen molar-refractivity contribution in [2.75, 3.05) is 19.6 Å². The van der Waals surface area contributed by atoms with Crippen molar-refractivity contribution in [2.24, 2.45) is 0 Å². The van der Waals surface area contributed by atoms with E-state index in [1.807, 2.05) is 35.4 Å². The fourth-order valence-corrected chi connectivity index (χ4v) is 2.56. The van der Waals surface area contributed by atoms with Gasteiger partial charge in [0.1, 0.15) is 0 Å². The van der Waals surface area contributed by atoms with Crippen LogP contribution in [-0.4, -0.2) is 41.5 Å². The number of nitrogens with zero attached hydrogens (tertiary/aromatic N) is 1. The summed E-state index contributed by atoms with van der Waals surface area (Å²) in [5.74, 6) is 0.122. The molecule has 3 rings (SSSR count). The van der Waals surface area contributed by atoms with Crippen LogP contribution in [0.3, 0.4) is 0 Å². The van der Waals surface area contributed by atoms with Gasteiger partial charge >= 0.3 is 0 Å². The SMILES string of the molecule is C[C@H]1CNCCN1C(=O)c1cccc2cc[nH]c12. The largest absolute Gasteiger partial charge is 0.361 e. The summed E-state index contributed by atoms with van der Waals surface area (Å²) >= 11 is 0. The Morgan fingerprint density at radius 2 is 2.28 bits per heavy atom. The van der Waals surface area contributed by atoms with Crippen LogP contribution in [0.15, 0.2) is 30.5 Å². The standard InChI is InChI=1S/C14H17N3O/c1-10-9-15-7-8-17(10)14(18)12-4-2-3-11-5-6-16-13(11)12/h2-6,10,15-16H,7-9H2,1H3/t10-/m0/s1. The molecule has 1 amide bonds. The smallest absolute Gasteiger partial charge is 0.256 e. The Labute approximate surface area is 106 Å². The molecule has 4 heteroatoms. The molecule has 2 heterocycles. The number of aromatic nitrogens is 1. The van der Waals surface area contributed by atoms with E-state index in [2.05, 4.69) is 17.2 Å². The second-order valence-electron chi connectivity index (χ2n) is 4.80. The number of hydrogen-bond donors (Lipinski definition) is 2. The molecule has 4 nitrogen and oxygen atoms in total. The molecule has 0 radical (unpaired) electrons. The molecule has 1 fully saturated rings. The molecule has 1 saturated heterocycles. The molecule has 0 bridgehead atoms. The highest BCUT2D eigenvalue weighted by Gasteiger charge is 2.25. The number of H-pyrrole nitrogens is 1. The lowest BCUT2D eigenvalue weighted by Gasteiger charge is -2.34. The number of piperazine rings is 1. The van der Waals surface area contributed by atoms with Crippen LogP contribution in [-0.2, 0) is 0 Å². The Kier molecular flexibility index (Phi) is 2.80. The highest BCUT2D eigenvalue weighted by atomic mass is 16.2. The van der Waals surface area contributed by atoms with Crippen LogP contribution in [0.1, 0.15) is 17.3 Å². The molecule has 0 saturated carbocycles. The molecule has 18 heavy (non-hydrogen) atoms. The maximum absolute atomic E-state index is 12.6. The van der Waals surface area contributed by atoms with Gasteiger partial charge < -0.3 is 15.2 Å². The van der Waals surface area contributed by atoms with Crippen molar-refractivity contribution in [1.82, 2.24) is 15.2 Å². The quantitative estimate of drug-likeness (QED) is 0.799. The number of carbonyl (C=O) groups is 1. The fraction of sp³-hybridized carbons (Fsp3) is 0.357. The molecule has 2 N–H and O–H groups in total. The van der Waals surface area contributed by atoms with E-state index in [9.17, 15) is 4.79 Å². The molecule has 2 aromatic rings. The number of para-hydroxylation sites is 1. The number of fused-ring (bicyclic) bond motifs is 1. The van der Waals surface area contributed by atoms with Crippen LogP contribution >= 0.6 is 0 Å². The summed E-state index contributed by atoms with van der Waals surface area (Å²) in [7, 11) is 0. The van der Waals surface area contributed by atoms with Gasteiger partial charge in [-0.05, 0) is 19.1 Å². The molecule has 1 aliphatic heterocycles. The lowest BCUT2D eigenvalue weighted by atomic mass is 10.1. The summed E-state index contributed by atoms with van der Waals surface area (Å²) in [6.45, 7) is 4.60. The summed E-state index contributed by atoms with van der Waals surface area (Å²) in [5.41, 5.74) is 1.71. The van der Waals surface area contributed by atoms with Crippen LogP contribution in [0.25, 0.3) is 10.9 Å². The predicted molar refractivity (Wildman–Crippen MR) is 71.7 cm³/mol. The van der Waals surface area contributed by atoms with E-state index in [0.29, 0.717) is 0 Å². The maximum Gasteiger partial charge on any atom is 0.256 e. The van der Waals surface area contributed by atoms with Crippen LogP contribution in [0, 0.1) is 0 Å². The number of rotatable bonds is 1. The lowest BCUT2D eigenvalue weighted by Crippen LogP contribution is -2.52. The minimum atomic E-state index is 0.122. The van der Waals surface area contributed by atoms with Gasteiger partial charge in [-0.2, -0.15) is 0 Å². The Morgan fingerprint density at radius 1 is 1.39 bits per heavy atom. The van der Waals surface area contributed by atoms with E-state index in [-0.39, 0.29) is 11.9 Å². The zero-order chi connectivity index (χ0) is 12.5. The predicted octanol–water partition coefficient (Wildman–Crippen LogP) is 1.60. The highest BCUT2D eigenvalue weighted by molar-refractivity contribution is 6.05. The first-order valence-corrected chi connectivity index (χ1v) is 6.35. The van der Waals surface area contributed by atoms with Gasteiger partial charge in [-0.25, -0.2) is 0 Å². The molecule has 94 valence electrons. The summed E-state index contributed by atoms with van der Waals surface area (Å²) < 4.78 is 0. The topological polar surface area (TPSA) is 48.1 Å². The first-order valence-electron chi connectivity index (χ1n) is 6.35. The Hall–Kier alpha value is -1.81. The van der Waals surface area contributed by atoms with Gasteiger partial charge in [-0.1, -0.05) is 12.1 Å². The molecule has 0 aliphatic carbocycles. The third kappa shape index (κ3) is 1.78. The average Bonchev–Trinajstić information content (AvgIpc) is 2.86. The molecule has 1 aromatic carbocycles.